The second-order valence-corrected chi connectivity index (χ2v) is 5.68. The van der Waals surface area contributed by atoms with Gasteiger partial charge >= 0.3 is 0 Å². The van der Waals surface area contributed by atoms with E-state index in [1.54, 1.807) is 36.4 Å². The molecule has 0 saturated heterocycles. The van der Waals surface area contributed by atoms with Crippen LogP contribution in [0.2, 0.25) is 0 Å². The summed E-state index contributed by atoms with van der Waals surface area (Å²) in [6.07, 6.45) is 3.90. The van der Waals surface area contributed by atoms with Gasteiger partial charge in [0.1, 0.15) is 18.2 Å². The van der Waals surface area contributed by atoms with Crippen LogP contribution in [0.5, 0.6) is 5.75 Å². The SMILES string of the molecule is N=C(N)c1cccc(OCCNC(=O)c2ccc(-n3cccc3)cc2)c1. The Kier molecular flexibility index (Phi) is 5.34. The van der Waals surface area contributed by atoms with E-state index in [1.807, 2.05) is 41.2 Å². The second-order valence-electron chi connectivity index (χ2n) is 5.68. The molecule has 0 atom stereocenters. The van der Waals surface area contributed by atoms with E-state index in [1.165, 1.54) is 0 Å². The molecular weight excluding hydrogens is 328 g/mol. The molecule has 1 amide bonds. The summed E-state index contributed by atoms with van der Waals surface area (Å²) in [5.41, 5.74) is 7.66. The number of nitrogens with two attached hydrogens (primary N) is 1. The number of amidine groups is 1. The predicted molar refractivity (Wildman–Crippen MR) is 101 cm³/mol. The van der Waals surface area contributed by atoms with E-state index >= 15 is 0 Å². The van der Waals surface area contributed by atoms with Crippen molar-refractivity contribution in [1.82, 2.24) is 9.88 Å². The molecule has 1 heterocycles. The van der Waals surface area contributed by atoms with Gasteiger partial charge in [-0.15, -0.1) is 0 Å². The molecule has 0 unspecified atom stereocenters. The normalized spacial score (nSPS) is 10.3. The summed E-state index contributed by atoms with van der Waals surface area (Å²) >= 11 is 0. The Bertz CT molecular complexity index is 886. The molecule has 0 bridgehead atoms. The quantitative estimate of drug-likeness (QED) is 0.348. The lowest BCUT2D eigenvalue weighted by Crippen LogP contribution is -2.28. The van der Waals surface area contributed by atoms with Crippen molar-refractivity contribution in [2.75, 3.05) is 13.2 Å². The third-order valence-corrected chi connectivity index (χ3v) is 3.83. The average molecular weight is 348 g/mol. The highest BCUT2D eigenvalue weighted by Gasteiger charge is 2.05. The average Bonchev–Trinajstić information content (AvgIpc) is 3.20. The number of hydrogen-bond acceptors (Lipinski definition) is 3. The number of carbonyl (C=O) groups is 1. The summed E-state index contributed by atoms with van der Waals surface area (Å²) < 4.78 is 7.56. The topological polar surface area (TPSA) is 93.1 Å². The van der Waals surface area contributed by atoms with Crippen molar-refractivity contribution in [3.05, 3.63) is 84.2 Å². The van der Waals surface area contributed by atoms with Gasteiger partial charge in [-0.3, -0.25) is 10.2 Å². The molecule has 3 rings (SSSR count). The van der Waals surface area contributed by atoms with Gasteiger partial charge in [0.2, 0.25) is 0 Å². The van der Waals surface area contributed by atoms with Gasteiger partial charge in [-0.1, -0.05) is 12.1 Å². The van der Waals surface area contributed by atoms with E-state index in [0.29, 0.717) is 30.0 Å². The Balaban J connectivity index is 1.48. The van der Waals surface area contributed by atoms with E-state index in [-0.39, 0.29) is 11.7 Å². The first kappa shape index (κ1) is 17.3. The van der Waals surface area contributed by atoms with E-state index in [2.05, 4.69) is 5.32 Å². The molecule has 2 aromatic carbocycles. The molecule has 6 nitrogen and oxygen atoms in total. The zero-order valence-corrected chi connectivity index (χ0v) is 14.2. The lowest BCUT2D eigenvalue weighted by atomic mass is 10.2. The van der Waals surface area contributed by atoms with Crippen LogP contribution < -0.4 is 15.8 Å². The molecular formula is C20H20N4O2. The molecule has 0 saturated carbocycles. The second kappa shape index (κ2) is 8.02. The number of benzene rings is 2. The molecule has 4 N–H and O–H groups in total. The molecule has 0 aliphatic rings. The van der Waals surface area contributed by atoms with Crippen LogP contribution >= 0.6 is 0 Å². The summed E-state index contributed by atoms with van der Waals surface area (Å²) in [7, 11) is 0. The molecule has 6 heteroatoms. The summed E-state index contributed by atoms with van der Waals surface area (Å²) in [6.45, 7) is 0.705. The largest absolute Gasteiger partial charge is 0.492 e. The van der Waals surface area contributed by atoms with Gasteiger partial charge in [0.15, 0.2) is 0 Å². The van der Waals surface area contributed by atoms with Crippen LogP contribution in [0.3, 0.4) is 0 Å². The van der Waals surface area contributed by atoms with Gasteiger partial charge in [0.05, 0.1) is 6.54 Å². The molecule has 0 radical (unpaired) electrons. The van der Waals surface area contributed by atoms with Crippen LogP contribution in [-0.2, 0) is 0 Å². The minimum absolute atomic E-state index is 0.00730. The zero-order valence-electron chi connectivity index (χ0n) is 14.2. The predicted octanol–water partition coefficient (Wildman–Crippen LogP) is 2.57. The van der Waals surface area contributed by atoms with Crippen LogP contribution in [0.25, 0.3) is 5.69 Å². The van der Waals surface area contributed by atoms with Crippen LogP contribution in [0, 0.1) is 5.41 Å². The van der Waals surface area contributed by atoms with Crippen LogP contribution in [-0.4, -0.2) is 29.5 Å². The monoisotopic (exact) mass is 348 g/mol. The number of nitrogen functional groups attached to an aromatic ring is 1. The third kappa shape index (κ3) is 4.30. The van der Waals surface area contributed by atoms with E-state index in [0.717, 1.165) is 5.69 Å². The summed E-state index contributed by atoms with van der Waals surface area (Å²) in [6, 6.07) is 18.3. The fraction of sp³-hybridized carbons (Fsp3) is 0.100. The highest BCUT2D eigenvalue weighted by Crippen LogP contribution is 2.13. The Hall–Kier alpha value is -3.54. The molecule has 26 heavy (non-hydrogen) atoms. The molecule has 3 aromatic rings. The van der Waals surface area contributed by atoms with Gasteiger partial charge in [-0.2, -0.15) is 0 Å². The number of rotatable bonds is 7. The lowest BCUT2D eigenvalue weighted by molar-refractivity contribution is 0.0947. The first-order valence-corrected chi connectivity index (χ1v) is 8.22. The van der Waals surface area contributed by atoms with E-state index < -0.39 is 0 Å². The van der Waals surface area contributed by atoms with Crippen molar-refractivity contribution in [2.24, 2.45) is 5.73 Å². The van der Waals surface area contributed by atoms with Crippen LogP contribution in [0.15, 0.2) is 73.1 Å². The zero-order chi connectivity index (χ0) is 18.4. The standard InChI is InChI=1S/C20H20N4O2/c21-19(22)16-4-3-5-18(14-16)26-13-10-23-20(25)15-6-8-17(9-7-15)24-11-1-2-12-24/h1-9,11-12,14H,10,13H2,(H3,21,22)(H,23,25). The van der Waals surface area contributed by atoms with E-state index in [4.69, 9.17) is 15.9 Å². The molecule has 1 aromatic heterocycles. The maximum absolute atomic E-state index is 12.2. The van der Waals surface area contributed by atoms with Crippen molar-refractivity contribution >= 4 is 11.7 Å². The van der Waals surface area contributed by atoms with Crippen molar-refractivity contribution < 1.29 is 9.53 Å². The Labute approximate surface area is 151 Å². The van der Waals surface area contributed by atoms with Gasteiger partial charge in [0.25, 0.3) is 5.91 Å². The van der Waals surface area contributed by atoms with E-state index in [9.17, 15) is 4.79 Å². The maximum atomic E-state index is 12.2. The van der Waals surface area contributed by atoms with Crippen molar-refractivity contribution in [3.63, 3.8) is 0 Å². The minimum atomic E-state index is -0.148. The minimum Gasteiger partial charge on any atom is -0.492 e. The fourth-order valence-electron chi connectivity index (χ4n) is 2.48. The molecule has 0 aliphatic carbocycles. The highest BCUT2D eigenvalue weighted by atomic mass is 16.5. The lowest BCUT2D eigenvalue weighted by Gasteiger charge is -2.09. The summed E-state index contributed by atoms with van der Waals surface area (Å²) in [4.78, 5) is 12.2. The van der Waals surface area contributed by atoms with Gasteiger partial charge in [-0.25, -0.2) is 0 Å². The smallest absolute Gasteiger partial charge is 0.251 e. The fourth-order valence-corrected chi connectivity index (χ4v) is 2.48. The Morgan fingerprint density at radius 1 is 1.04 bits per heavy atom. The number of nitrogens with one attached hydrogen (secondary N) is 2. The number of nitrogens with zero attached hydrogens (tertiary/aromatic N) is 1. The Morgan fingerprint density at radius 3 is 2.46 bits per heavy atom. The molecule has 0 fully saturated rings. The first-order chi connectivity index (χ1) is 12.6. The van der Waals surface area contributed by atoms with Gasteiger partial charge < -0.3 is 20.4 Å². The maximum Gasteiger partial charge on any atom is 0.251 e. The first-order valence-electron chi connectivity index (χ1n) is 8.22. The summed E-state index contributed by atoms with van der Waals surface area (Å²) in [5, 5.41) is 10.2. The number of aromatic nitrogens is 1. The highest BCUT2D eigenvalue weighted by molar-refractivity contribution is 5.95. The third-order valence-electron chi connectivity index (χ3n) is 3.83. The Morgan fingerprint density at radius 2 is 1.77 bits per heavy atom. The van der Waals surface area contributed by atoms with Crippen molar-refractivity contribution in [3.8, 4) is 11.4 Å². The van der Waals surface area contributed by atoms with Crippen LogP contribution in [0.4, 0.5) is 0 Å². The molecule has 0 spiro atoms. The van der Waals surface area contributed by atoms with Crippen molar-refractivity contribution in [2.45, 2.75) is 0 Å². The van der Waals surface area contributed by atoms with Crippen molar-refractivity contribution in [1.29, 1.82) is 5.41 Å². The number of ether oxygens (including phenoxy) is 1. The number of amides is 1. The van der Waals surface area contributed by atoms with Crippen LogP contribution in [0.1, 0.15) is 15.9 Å². The molecule has 0 aliphatic heterocycles. The molecule has 132 valence electrons. The van der Waals surface area contributed by atoms with Gasteiger partial charge in [-0.05, 0) is 48.5 Å². The van der Waals surface area contributed by atoms with Gasteiger partial charge in [0, 0.05) is 29.2 Å². The summed E-state index contributed by atoms with van der Waals surface area (Å²) in [5.74, 6) is 0.459. The number of hydrogen-bond donors (Lipinski definition) is 3. The number of carbonyl (C=O) groups excluding carboxylic acids is 1.